The highest BCUT2D eigenvalue weighted by atomic mass is 19.4. The molecule has 0 aliphatic rings. The van der Waals surface area contributed by atoms with Gasteiger partial charge in [0.05, 0.1) is 12.1 Å². The second-order valence-corrected chi connectivity index (χ2v) is 6.83. The van der Waals surface area contributed by atoms with Gasteiger partial charge in [-0.15, -0.1) is 0 Å². The van der Waals surface area contributed by atoms with Crippen molar-refractivity contribution in [2.45, 2.75) is 39.4 Å². The van der Waals surface area contributed by atoms with Gasteiger partial charge >= 0.3 is 11.8 Å². The summed E-state index contributed by atoms with van der Waals surface area (Å²) in [5.74, 6) is 0.213. The number of hydrogen-bond donors (Lipinski definition) is 0. The lowest BCUT2D eigenvalue weighted by atomic mass is 9.95. The number of pyridine rings is 1. The number of benzene rings is 1. The third kappa shape index (κ3) is 3.82. The number of alkyl halides is 3. The van der Waals surface area contributed by atoms with Gasteiger partial charge in [0.2, 0.25) is 0 Å². The highest BCUT2D eigenvalue weighted by Gasteiger charge is 2.31. The molecule has 2 aromatic heterocycles. The van der Waals surface area contributed by atoms with E-state index in [1.54, 1.807) is 6.07 Å². The predicted octanol–water partition coefficient (Wildman–Crippen LogP) is 4.45. The standard InChI is InChI=1S/C20H18F3NO3/c1-11(2)15-8-16-13(7-19(26)27-17(16)6-12(15)3)9-24-10-14(20(21,22)23)4-5-18(24)25/h4-8,10-11H,9H2,1-3H3. The molecule has 0 fully saturated rings. The minimum Gasteiger partial charge on any atom is -0.423 e. The fraction of sp³-hybridized carbons (Fsp3) is 0.300. The fourth-order valence-corrected chi connectivity index (χ4v) is 3.15. The topological polar surface area (TPSA) is 52.2 Å². The Labute approximate surface area is 152 Å². The smallest absolute Gasteiger partial charge is 0.417 e. The molecule has 2 heterocycles. The lowest BCUT2D eigenvalue weighted by Crippen LogP contribution is -2.22. The Morgan fingerprint density at radius 2 is 1.81 bits per heavy atom. The monoisotopic (exact) mass is 377 g/mol. The molecule has 0 saturated heterocycles. The van der Waals surface area contributed by atoms with E-state index in [0.29, 0.717) is 16.5 Å². The molecule has 0 radical (unpaired) electrons. The molecule has 0 spiro atoms. The molecule has 0 unspecified atom stereocenters. The predicted molar refractivity (Wildman–Crippen MR) is 96.1 cm³/mol. The van der Waals surface area contributed by atoms with Crippen LogP contribution in [0.1, 0.15) is 42.0 Å². The zero-order valence-corrected chi connectivity index (χ0v) is 15.1. The Morgan fingerprint density at radius 3 is 2.44 bits per heavy atom. The normalized spacial score (nSPS) is 12.1. The summed E-state index contributed by atoms with van der Waals surface area (Å²) in [7, 11) is 0. The summed E-state index contributed by atoms with van der Waals surface area (Å²) in [6.07, 6.45) is -3.80. The SMILES string of the molecule is Cc1cc2oc(=O)cc(Cn3cc(C(F)(F)F)ccc3=O)c2cc1C(C)C. The summed E-state index contributed by atoms with van der Waals surface area (Å²) >= 11 is 0. The molecule has 4 nitrogen and oxygen atoms in total. The van der Waals surface area contributed by atoms with E-state index in [4.69, 9.17) is 4.42 Å². The van der Waals surface area contributed by atoms with Crippen molar-refractivity contribution in [3.05, 3.63) is 79.6 Å². The van der Waals surface area contributed by atoms with Crippen molar-refractivity contribution in [1.29, 1.82) is 0 Å². The maximum atomic E-state index is 13.0. The van der Waals surface area contributed by atoms with E-state index in [-0.39, 0.29) is 12.5 Å². The molecule has 1 aromatic carbocycles. The zero-order chi connectivity index (χ0) is 19.9. The number of hydrogen-bond acceptors (Lipinski definition) is 3. The Hall–Kier alpha value is -2.83. The third-order valence-corrected chi connectivity index (χ3v) is 4.49. The summed E-state index contributed by atoms with van der Waals surface area (Å²) in [6, 6.07) is 6.45. The Balaban J connectivity index is 2.19. The molecule has 0 aliphatic carbocycles. The van der Waals surface area contributed by atoms with E-state index >= 15 is 0 Å². The number of fused-ring (bicyclic) bond motifs is 1. The molecule has 0 atom stereocenters. The van der Waals surface area contributed by atoms with E-state index in [1.807, 2.05) is 26.8 Å². The number of rotatable bonds is 3. The molecule has 27 heavy (non-hydrogen) atoms. The summed E-state index contributed by atoms with van der Waals surface area (Å²) in [4.78, 5) is 23.9. The molecule has 0 bridgehead atoms. The van der Waals surface area contributed by atoms with Gasteiger partial charge in [-0.3, -0.25) is 4.79 Å². The quantitative estimate of drug-likeness (QED) is 0.634. The first-order chi connectivity index (χ1) is 12.6. The van der Waals surface area contributed by atoms with Crippen molar-refractivity contribution in [2.24, 2.45) is 0 Å². The van der Waals surface area contributed by atoms with Gasteiger partial charge in [0.1, 0.15) is 5.58 Å². The lowest BCUT2D eigenvalue weighted by Gasteiger charge is -2.14. The van der Waals surface area contributed by atoms with E-state index < -0.39 is 22.9 Å². The first kappa shape index (κ1) is 18.9. The minimum atomic E-state index is -4.56. The molecule has 0 amide bonds. The second-order valence-electron chi connectivity index (χ2n) is 6.83. The number of aromatic nitrogens is 1. The van der Waals surface area contributed by atoms with Crippen LogP contribution >= 0.6 is 0 Å². The average molecular weight is 377 g/mol. The average Bonchev–Trinajstić information content (AvgIpc) is 2.54. The zero-order valence-electron chi connectivity index (χ0n) is 15.1. The van der Waals surface area contributed by atoms with Gasteiger partial charge in [0, 0.05) is 23.7 Å². The van der Waals surface area contributed by atoms with Crippen LogP contribution in [-0.4, -0.2) is 4.57 Å². The number of nitrogens with zero attached hydrogens (tertiary/aromatic N) is 1. The van der Waals surface area contributed by atoms with E-state index in [0.717, 1.165) is 34.0 Å². The fourth-order valence-electron chi connectivity index (χ4n) is 3.15. The van der Waals surface area contributed by atoms with E-state index in [9.17, 15) is 22.8 Å². The highest BCUT2D eigenvalue weighted by Crippen LogP contribution is 2.29. The van der Waals surface area contributed by atoms with Crippen molar-refractivity contribution in [2.75, 3.05) is 0 Å². The molecule has 3 aromatic rings. The van der Waals surface area contributed by atoms with Crippen LogP contribution in [0.3, 0.4) is 0 Å². The van der Waals surface area contributed by atoms with Crippen LogP contribution in [0.4, 0.5) is 13.2 Å². The van der Waals surface area contributed by atoms with Gasteiger partial charge in [0.15, 0.2) is 0 Å². The van der Waals surface area contributed by atoms with Crippen LogP contribution in [0.15, 0.2) is 50.5 Å². The Morgan fingerprint density at radius 1 is 1.11 bits per heavy atom. The summed E-state index contributed by atoms with van der Waals surface area (Å²) < 4.78 is 45.1. The van der Waals surface area contributed by atoms with Gasteiger partial charge in [-0.1, -0.05) is 13.8 Å². The number of aryl methyl sites for hydroxylation is 1. The molecule has 3 rings (SSSR count). The Kier molecular flexibility index (Phi) is 4.71. The summed E-state index contributed by atoms with van der Waals surface area (Å²) in [5, 5.41) is 0.605. The molecule has 142 valence electrons. The molecular weight excluding hydrogens is 359 g/mol. The second kappa shape index (κ2) is 6.72. The van der Waals surface area contributed by atoms with Crippen LogP contribution in [-0.2, 0) is 12.7 Å². The van der Waals surface area contributed by atoms with Gasteiger partial charge < -0.3 is 8.98 Å². The van der Waals surface area contributed by atoms with Crippen LogP contribution in [0.2, 0.25) is 0 Å². The summed E-state index contributed by atoms with van der Waals surface area (Å²) in [6.45, 7) is 5.78. The largest absolute Gasteiger partial charge is 0.423 e. The van der Waals surface area contributed by atoms with Crippen LogP contribution in [0.25, 0.3) is 11.0 Å². The van der Waals surface area contributed by atoms with Gasteiger partial charge in [-0.05, 0) is 47.7 Å². The maximum absolute atomic E-state index is 13.0. The Bertz CT molecular complexity index is 1120. The summed E-state index contributed by atoms with van der Waals surface area (Å²) in [5.41, 5.74) is 0.648. The van der Waals surface area contributed by atoms with Gasteiger partial charge in [-0.25, -0.2) is 4.79 Å². The molecule has 0 N–H and O–H groups in total. The first-order valence-corrected chi connectivity index (χ1v) is 8.41. The van der Waals surface area contributed by atoms with Gasteiger partial charge in [-0.2, -0.15) is 13.2 Å². The van der Waals surface area contributed by atoms with Crippen LogP contribution in [0, 0.1) is 6.92 Å². The highest BCUT2D eigenvalue weighted by molar-refractivity contribution is 5.82. The number of halogens is 3. The lowest BCUT2D eigenvalue weighted by molar-refractivity contribution is -0.138. The van der Waals surface area contributed by atoms with Crippen LogP contribution < -0.4 is 11.2 Å². The molecule has 0 aliphatic heterocycles. The van der Waals surface area contributed by atoms with E-state index in [1.165, 1.54) is 6.07 Å². The van der Waals surface area contributed by atoms with Crippen molar-refractivity contribution in [1.82, 2.24) is 4.57 Å². The molecule has 7 heteroatoms. The maximum Gasteiger partial charge on any atom is 0.417 e. The molecular formula is C20H18F3NO3. The van der Waals surface area contributed by atoms with E-state index in [2.05, 4.69) is 0 Å². The van der Waals surface area contributed by atoms with Crippen LogP contribution in [0.5, 0.6) is 0 Å². The van der Waals surface area contributed by atoms with Crippen molar-refractivity contribution in [3.8, 4) is 0 Å². The van der Waals surface area contributed by atoms with Crippen molar-refractivity contribution < 1.29 is 17.6 Å². The van der Waals surface area contributed by atoms with Crippen molar-refractivity contribution >= 4 is 11.0 Å². The molecule has 0 saturated carbocycles. The van der Waals surface area contributed by atoms with Crippen molar-refractivity contribution in [3.63, 3.8) is 0 Å². The first-order valence-electron chi connectivity index (χ1n) is 8.41. The third-order valence-electron chi connectivity index (χ3n) is 4.49. The van der Waals surface area contributed by atoms with Gasteiger partial charge in [0.25, 0.3) is 5.56 Å². The minimum absolute atomic E-state index is 0.161.